The molecule has 3 rings (SSSR count). The maximum atomic E-state index is 13.0. The van der Waals surface area contributed by atoms with Gasteiger partial charge >= 0.3 is 0 Å². The van der Waals surface area contributed by atoms with E-state index in [4.69, 9.17) is 4.74 Å². The zero-order valence-electron chi connectivity index (χ0n) is 16.1. The lowest BCUT2D eigenvalue weighted by atomic mass is 10.0. The molecule has 2 heterocycles. The van der Waals surface area contributed by atoms with Gasteiger partial charge in [-0.2, -0.15) is 5.10 Å². The van der Waals surface area contributed by atoms with Crippen LogP contribution in [0.4, 0.5) is 5.69 Å². The predicted octanol–water partition coefficient (Wildman–Crippen LogP) is 2.48. The minimum absolute atomic E-state index is 0.0414. The summed E-state index contributed by atoms with van der Waals surface area (Å²) in [6.07, 6.45) is 6.12. The first-order chi connectivity index (χ1) is 13.0. The zero-order chi connectivity index (χ0) is 19.4. The van der Waals surface area contributed by atoms with E-state index in [1.165, 1.54) is 0 Å². The highest BCUT2D eigenvalue weighted by atomic mass is 16.5. The van der Waals surface area contributed by atoms with Crippen molar-refractivity contribution in [1.29, 1.82) is 0 Å². The number of rotatable bonds is 6. The van der Waals surface area contributed by atoms with Crippen LogP contribution in [0, 0.1) is 0 Å². The fourth-order valence-corrected chi connectivity index (χ4v) is 3.48. The average Bonchev–Trinajstić information content (AvgIpc) is 3.12. The van der Waals surface area contributed by atoms with Crippen molar-refractivity contribution < 1.29 is 14.3 Å². The SMILES string of the molecule is CCCC[C@@H]1CN(c2ccccc2OC)C(=O)CN1C(=O)c1cnn(C)c1. The van der Waals surface area contributed by atoms with Gasteiger partial charge in [0.1, 0.15) is 12.3 Å². The Labute approximate surface area is 159 Å². The molecule has 1 saturated heterocycles. The van der Waals surface area contributed by atoms with Gasteiger partial charge in [0.05, 0.1) is 30.6 Å². The summed E-state index contributed by atoms with van der Waals surface area (Å²) in [7, 11) is 3.37. The third kappa shape index (κ3) is 3.97. The molecule has 0 spiro atoms. The molecule has 1 aliphatic rings. The summed E-state index contributed by atoms with van der Waals surface area (Å²) in [6.45, 7) is 2.64. The first-order valence-electron chi connectivity index (χ1n) is 9.28. The van der Waals surface area contributed by atoms with Crippen LogP contribution in [0.3, 0.4) is 0 Å². The van der Waals surface area contributed by atoms with Crippen molar-refractivity contribution in [2.75, 3.05) is 25.1 Å². The Bertz CT molecular complexity index is 817. The van der Waals surface area contributed by atoms with E-state index < -0.39 is 0 Å². The number of carbonyl (C=O) groups is 2. The van der Waals surface area contributed by atoms with E-state index in [0.29, 0.717) is 17.9 Å². The topological polar surface area (TPSA) is 67.7 Å². The molecule has 27 heavy (non-hydrogen) atoms. The van der Waals surface area contributed by atoms with Crippen molar-refractivity contribution in [2.24, 2.45) is 7.05 Å². The van der Waals surface area contributed by atoms with Gasteiger partial charge in [0.2, 0.25) is 5.91 Å². The first-order valence-corrected chi connectivity index (χ1v) is 9.28. The van der Waals surface area contributed by atoms with Gasteiger partial charge < -0.3 is 14.5 Å². The molecule has 2 amide bonds. The lowest BCUT2D eigenvalue weighted by Gasteiger charge is -2.41. The van der Waals surface area contributed by atoms with Gasteiger partial charge in [-0.05, 0) is 18.6 Å². The standard InChI is InChI=1S/C20H26N4O3/c1-4-5-8-16-13-24(17-9-6-7-10-18(17)27-3)19(25)14-23(16)20(26)15-11-21-22(2)12-15/h6-7,9-12,16H,4-5,8,13-14H2,1-3H3/t16-/m1/s1. The number of para-hydroxylation sites is 2. The summed E-state index contributed by atoms with van der Waals surface area (Å²) in [6, 6.07) is 7.45. The molecule has 144 valence electrons. The van der Waals surface area contributed by atoms with E-state index in [0.717, 1.165) is 24.9 Å². The summed E-state index contributed by atoms with van der Waals surface area (Å²) in [5.41, 5.74) is 1.26. The van der Waals surface area contributed by atoms with E-state index in [9.17, 15) is 9.59 Å². The largest absolute Gasteiger partial charge is 0.495 e. The number of hydrogen-bond acceptors (Lipinski definition) is 4. The Kier molecular flexibility index (Phi) is 5.78. The minimum atomic E-state index is -0.141. The maximum Gasteiger partial charge on any atom is 0.257 e. The summed E-state index contributed by atoms with van der Waals surface area (Å²) in [4.78, 5) is 29.3. The van der Waals surface area contributed by atoms with Crippen LogP contribution in [-0.4, -0.2) is 52.7 Å². The molecule has 1 aromatic carbocycles. The fraction of sp³-hybridized carbons (Fsp3) is 0.450. The number of benzene rings is 1. The van der Waals surface area contributed by atoms with Crippen LogP contribution in [-0.2, 0) is 11.8 Å². The number of methoxy groups -OCH3 is 1. The lowest BCUT2D eigenvalue weighted by molar-refractivity contribution is -0.121. The van der Waals surface area contributed by atoms with Crippen LogP contribution in [0.5, 0.6) is 5.75 Å². The Morgan fingerprint density at radius 3 is 2.78 bits per heavy atom. The van der Waals surface area contributed by atoms with Crippen molar-refractivity contribution in [3.05, 3.63) is 42.2 Å². The third-order valence-electron chi connectivity index (χ3n) is 4.92. The molecule has 0 N–H and O–H groups in total. The van der Waals surface area contributed by atoms with Crippen molar-refractivity contribution in [3.8, 4) is 5.75 Å². The Morgan fingerprint density at radius 2 is 2.11 bits per heavy atom. The van der Waals surface area contributed by atoms with Crippen LogP contribution in [0.25, 0.3) is 0 Å². The van der Waals surface area contributed by atoms with E-state index in [2.05, 4.69) is 12.0 Å². The average molecular weight is 370 g/mol. The second-order valence-electron chi connectivity index (χ2n) is 6.81. The minimum Gasteiger partial charge on any atom is -0.495 e. The van der Waals surface area contributed by atoms with Gasteiger partial charge in [0.25, 0.3) is 5.91 Å². The molecular weight excluding hydrogens is 344 g/mol. The van der Waals surface area contributed by atoms with Crippen LogP contribution >= 0.6 is 0 Å². The predicted molar refractivity (Wildman–Crippen MR) is 103 cm³/mol. The van der Waals surface area contributed by atoms with Gasteiger partial charge in [-0.1, -0.05) is 31.9 Å². The molecule has 0 unspecified atom stereocenters. The molecule has 2 aromatic rings. The molecule has 0 aliphatic carbocycles. The number of piperazine rings is 1. The van der Waals surface area contributed by atoms with Gasteiger partial charge in [0.15, 0.2) is 0 Å². The molecule has 1 fully saturated rings. The monoisotopic (exact) mass is 370 g/mol. The molecule has 0 saturated carbocycles. The quantitative estimate of drug-likeness (QED) is 0.783. The lowest BCUT2D eigenvalue weighted by Crippen LogP contribution is -2.58. The highest BCUT2D eigenvalue weighted by molar-refractivity contribution is 6.02. The highest BCUT2D eigenvalue weighted by Crippen LogP contribution is 2.31. The molecular formula is C20H26N4O3. The molecule has 1 atom stereocenters. The second kappa shape index (κ2) is 8.24. The number of unbranched alkanes of at least 4 members (excludes halogenated alkanes) is 1. The van der Waals surface area contributed by atoms with Crippen LogP contribution in [0.2, 0.25) is 0 Å². The van der Waals surface area contributed by atoms with Crippen molar-refractivity contribution in [1.82, 2.24) is 14.7 Å². The van der Waals surface area contributed by atoms with Crippen LogP contribution in [0.1, 0.15) is 36.5 Å². The fourth-order valence-electron chi connectivity index (χ4n) is 3.48. The summed E-state index contributed by atoms with van der Waals surface area (Å²) in [5, 5.41) is 4.08. The van der Waals surface area contributed by atoms with Gasteiger partial charge in [0, 0.05) is 19.8 Å². The summed E-state index contributed by atoms with van der Waals surface area (Å²) < 4.78 is 7.02. The van der Waals surface area contributed by atoms with E-state index >= 15 is 0 Å². The Balaban J connectivity index is 1.87. The Morgan fingerprint density at radius 1 is 1.33 bits per heavy atom. The normalized spacial score (nSPS) is 17.3. The number of hydrogen-bond donors (Lipinski definition) is 0. The maximum absolute atomic E-state index is 13.0. The number of aromatic nitrogens is 2. The number of nitrogens with zero attached hydrogens (tertiary/aromatic N) is 4. The van der Waals surface area contributed by atoms with E-state index in [-0.39, 0.29) is 24.4 Å². The number of aryl methyl sites for hydroxylation is 1. The smallest absolute Gasteiger partial charge is 0.257 e. The highest BCUT2D eigenvalue weighted by Gasteiger charge is 2.36. The van der Waals surface area contributed by atoms with Gasteiger partial charge in [-0.15, -0.1) is 0 Å². The van der Waals surface area contributed by atoms with E-state index in [1.54, 1.807) is 41.0 Å². The zero-order valence-corrected chi connectivity index (χ0v) is 16.1. The third-order valence-corrected chi connectivity index (χ3v) is 4.92. The molecule has 1 aliphatic heterocycles. The molecule has 1 aromatic heterocycles. The molecule has 0 bridgehead atoms. The van der Waals surface area contributed by atoms with Crippen molar-refractivity contribution >= 4 is 17.5 Å². The number of ether oxygens (including phenoxy) is 1. The second-order valence-corrected chi connectivity index (χ2v) is 6.81. The molecule has 7 heteroatoms. The van der Waals surface area contributed by atoms with Gasteiger partial charge in [-0.25, -0.2) is 0 Å². The van der Waals surface area contributed by atoms with Crippen LogP contribution in [0.15, 0.2) is 36.7 Å². The summed E-state index contributed by atoms with van der Waals surface area (Å²) >= 11 is 0. The number of amides is 2. The van der Waals surface area contributed by atoms with Crippen molar-refractivity contribution in [3.63, 3.8) is 0 Å². The number of anilines is 1. The molecule has 0 radical (unpaired) electrons. The summed E-state index contributed by atoms with van der Waals surface area (Å²) in [5.74, 6) is 0.411. The van der Waals surface area contributed by atoms with Gasteiger partial charge in [-0.3, -0.25) is 14.3 Å². The number of carbonyl (C=O) groups excluding carboxylic acids is 2. The Hall–Kier alpha value is -2.83. The first kappa shape index (κ1) is 18.9. The van der Waals surface area contributed by atoms with E-state index in [1.807, 2.05) is 24.3 Å². The van der Waals surface area contributed by atoms with Crippen LogP contribution < -0.4 is 9.64 Å². The molecule has 7 nitrogen and oxygen atoms in total. The van der Waals surface area contributed by atoms with Crippen molar-refractivity contribution in [2.45, 2.75) is 32.2 Å².